The standard InChI is InChI=1S/C6H2Br2N2O2/c7-4-2-1-3(11-4)5-9-6(8)12-10-5/h1-2H. The Kier molecular flexibility index (Phi) is 2.02. The van der Waals surface area contributed by atoms with Gasteiger partial charge >= 0.3 is 0 Å². The molecule has 12 heavy (non-hydrogen) atoms. The number of halogens is 2. The summed E-state index contributed by atoms with van der Waals surface area (Å²) in [6.07, 6.45) is 0. The van der Waals surface area contributed by atoms with E-state index in [4.69, 9.17) is 8.94 Å². The smallest absolute Gasteiger partial charge is 0.294 e. The van der Waals surface area contributed by atoms with Crippen molar-refractivity contribution in [2.45, 2.75) is 0 Å². The van der Waals surface area contributed by atoms with Crippen LogP contribution >= 0.6 is 31.9 Å². The van der Waals surface area contributed by atoms with Crippen molar-refractivity contribution >= 4 is 31.9 Å². The number of furan rings is 1. The van der Waals surface area contributed by atoms with E-state index in [2.05, 4.69) is 42.0 Å². The number of hydrogen-bond donors (Lipinski definition) is 0. The Morgan fingerprint density at radius 1 is 1.25 bits per heavy atom. The third-order valence-corrected chi connectivity index (χ3v) is 1.94. The highest BCUT2D eigenvalue weighted by Gasteiger charge is 2.09. The Bertz CT molecular complexity index is 357. The lowest BCUT2D eigenvalue weighted by atomic mass is 10.4. The van der Waals surface area contributed by atoms with Crippen LogP contribution in [0.25, 0.3) is 11.6 Å². The maximum absolute atomic E-state index is 5.19. The Labute approximate surface area is 84.2 Å². The van der Waals surface area contributed by atoms with Crippen molar-refractivity contribution in [3.05, 3.63) is 21.6 Å². The predicted molar refractivity (Wildman–Crippen MR) is 47.4 cm³/mol. The van der Waals surface area contributed by atoms with E-state index in [1.807, 2.05) is 0 Å². The van der Waals surface area contributed by atoms with Crippen molar-refractivity contribution < 1.29 is 8.94 Å². The molecule has 4 nitrogen and oxygen atoms in total. The van der Waals surface area contributed by atoms with Gasteiger partial charge in [0, 0.05) is 15.9 Å². The van der Waals surface area contributed by atoms with E-state index < -0.39 is 0 Å². The minimum atomic E-state index is 0.338. The van der Waals surface area contributed by atoms with Crippen LogP contribution in [0.2, 0.25) is 0 Å². The van der Waals surface area contributed by atoms with Crippen molar-refractivity contribution in [2.75, 3.05) is 0 Å². The van der Waals surface area contributed by atoms with Crippen LogP contribution in [0.5, 0.6) is 0 Å². The van der Waals surface area contributed by atoms with E-state index in [0.717, 1.165) is 0 Å². The van der Waals surface area contributed by atoms with Crippen LogP contribution in [0, 0.1) is 0 Å². The van der Waals surface area contributed by atoms with Gasteiger partial charge in [-0.1, -0.05) is 5.16 Å². The summed E-state index contributed by atoms with van der Waals surface area (Å²) in [4.78, 5) is 4.26. The quantitative estimate of drug-likeness (QED) is 0.811. The summed E-state index contributed by atoms with van der Waals surface area (Å²) in [5.41, 5.74) is 0. The average molecular weight is 294 g/mol. The van der Waals surface area contributed by atoms with Crippen molar-refractivity contribution in [3.8, 4) is 11.6 Å². The van der Waals surface area contributed by atoms with Crippen molar-refractivity contribution in [2.24, 2.45) is 0 Å². The Balaban J connectivity index is 2.43. The lowest BCUT2D eigenvalue weighted by molar-refractivity contribution is 0.395. The molecule has 0 spiro atoms. The molecule has 6 heteroatoms. The molecule has 0 aliphatic carbocycles. The van der Waals surface area contributed by atoms with Gasteiger partial charge in [-0.05, 0) is 28.1 Å². The molecule has 2 rings (SSSR count). The summed E-state index contributed by atoms with van der Waals surface area (Å²) >= 11 is 6.21. The van der Waals surface area contributed by atoms with Gasteiger partial charge in [-0.15, -0.1) is 0 Å². The van der Waals surface area contributed by atoms with Crippen LogP contribution in [-0.4, -0.2) is 10.1 Å². The number of aromatic nitrogens is 2. The first-order valence-corrected chi connectivity index (χ1v) is 4.59. The van der Waals surface area contributed by atoms with Gasteiger partial charge in [0.2, 0.25) is 5.82 Å². The highest BCUT2D eigenvalue weighted by molar-refractivity contribution is 9.10. The molecule has 0 N–H and O–H groups in total. The first-order valence-electron chi connectivity index (χ1n) is 3.00. The van der Waals surface area contributed by atoms with E-state index in [-0.39, 0.29) is 0 Å². The summed E-state index contributed by atoms with van der Waals surface area (Å²) in [6.45, 7) is 0. The van der Waals surface area contributed by atoms with Crippen LogP contribution in [0.4, 0.5) is 0 Å². The fourth-order valence-electron chi connectivity index (χ4n) is 0.740. The largest absolute Gasteiger partial charge is 0.446 e. The fraction of sp³-hybridized carbons (Fsp3) is 0. The zero-order valence-electron chi connectivity index (χ0n) is 5.62. The molecule has 0 amide bonds. The molecule has 2 aromatic heterocycles. The van der Waals surface area contributed by atoms with Gasteiger partial charge in [-0.3, -0.25) is 0 Å². The van der Waals surface area contributed by atoms with Gasteiger partial charge in [-0.2, -0.15) is 4.98 Å². The van der Waals surface area contributed by atoms with Crippen LogP contribution in [-0.2, 0) is 0 Å². The van der Waals surface area contributed by atoms with Crippen LogP contribution in [0.1, 0.15) is 0 Å². The Morgan fingerprint density at radius 2 is 2.08 bits per heavy atom. The normalized spacial score (nSPS) is 10.5. The number of hydrogen-bond acceptors (Lipinski definition) is 4. The molecule has 0 aromatic carbocycles. The molecule has 0 bridgehead atoms. The Morgan fingerprint density at radius 3 is 2.58 bits per heavy atom. The Hall–Kier alpha value is -0.620. The molecule has 0 aliphatic rings. The SMILES string of the molecule is Brc1ccc(-c2noc(Br)n2)o1. The lowest BCUT2D eigenvalue weighted by Crippen LogP contribution is -1.74. The molecule has 0 aliphatic heterocycles. The maximum Gasteiger partial charge on any atom is 0.294 e. The van der Waals surface area contributed by atoms with Crippen molar-refractivity contribution in [1.82, 2.24) is 10.1 Å². The first-order chi connectivity index (χ1) is 5.75. The van der Waals surface area contributed by atoms with Gasteiger partial charge in [0.25, 0.3) is 4.80 Å². The summed E-state index contributed by atoms with van der Waals surface area (Å²) in [5, 5.41) is 3.65. The molecule has 2 aromatic rings. The highest BCUT2D eigenvalue weighted by Crippen LogP contribution is 2.23. The van der Waals surface area contributed by atoms with E-state index in [1.165, 1.54) is 0 Å². The van der Waals surface area contributed by atoms with Crippen molar-refractivity contribution in [3.63, 3.8) is 0 Å². The molecule has 0 saturated heterocycles. The summed E-state index contributed by atoms with van der Waals surface area (Å²) in [5.74, 6) is 0.990. The third-order valence-electron chi connectivity index (χ3n) is 1.19. The van der Waals surface area contributed by atoms with E-state index in [0.29, 0.717) is 21.1 Å². The zero-order valence-corrected chi connectivity index (χ0v) is 8.79. The molecular weight excluding hydrogens is 292 g/mol. The topological polar surface area (TPSA) is 52.1 Å². The van der Waals surface area contributed by atoms with Crippen molar-refractivity contribution in [1.29, 1.82) is 0 Å². The fourth-order valence-corrected chi connectivity index (χ4v) is 1.29. The number of rotatable bonds is 1. The maximum atomic E-state index is 5.19. The number of nitrogens with zero attached hydrogens (tertiary/aromatic N) is 2. The van der Waals surface area contributed by atoms with Crippen LogP contribution in [0.15, 0.2) is 30.5 Å². The van der Waals surface area contributed by atoms with Crippen LogP contribution in [0.3, 0.4) is 0 Å². The van der Waals surface area contributed by atoms with E-state index in [1.54, 1.807) is 12.1 Å². The van der Waals surface area contributed by atoms with Gasteiger partial charge in [0.1, 0.15) is 0 Å². The minimum Gasteiger partial charge on any atom is -0.446 e. The molecule has 0 saturated carbocycles. The summed E-state index contributed by atoms with van der Waals surface area (Å²) in [7, 11) is 0. The first kappa shape index (κ1) is 8.00. The van der Waals surface area contributed by atoms with Gasteiger partial charge in [0.15, 0.2) is 10.4 Å². The van der Waals surface area contributed by atoms with E-state index >= 15 is 0 Å². The summed E-state index contributed by atoms with van der Waals surface area (Å²) in [6, 6.07) is 3.51. The lowest BCUT2D eigenvalue weighted by Gasteiger charge is -1.82. The molecule has 0 fully saturated rings. The third kappa shape index (κ3) is 1.44. The minimum absolute atomic E-state index is 0.338. The van der Waals surface area contributed by atoms with Gasteiger partial charge in [-0.25, -0.2) is 0 Å². The average Bonchev–Trinajstić information content (AvgIpc) is 2.58. The molecule has 2 heterocycles. The highest BCUT2D eigenvalue weighted by atomic mass is 79.9. The van der Waals surface area contributed by atoms with Gasteiger partial charge in [0.05, 0.1) is 0 Å². The molecule has 0 atom stereocenters. The molecule has 0 radical (unpaired) electrons. The second-order valence-corrected chi connectivity index (χ2v) is 3.43. The van der Waals surface area contributed by atoms with E-state index in [9.17, 15) is 0 Å². The monoisotopic (exact) mass is 292 g/mol. The van der Waals surface area contributed by atoms with Gasteiger partial charge < -0.3 is 8.94 Å². The second-order valence-electron chi connectivity index (χ2n) is 1.97. The predicted octanol–water partition coefficient (Wildman–Crippen LogP) is 2.85. The van der Waals surface area contributed by atoms with Crippen LogP contribution < -0.4 is 0 Å². The molecule has 0 unspecified atom stereocenters. The zero-order chi connectivity index (χ0) is 8.55. The molecular formula is C6H2Br2N2O2. The molecule has 62 valence electrons. The summed E-state index contributed by atoms with van der Waals surface area (Å²) < 4.78 is 10.5. The second kappa shape index (κ2) is 3.02.